The summed E-state index contributed by atoms with van der Waals surface area (Å²) in [7, 11) is 0. The predicted octanol–water partition coefficient (Wildman–Crippen LogP) is 2.70. The summed E-state index contributed by atoms with van der Waals surface area (Å²) in [6.07, 6.45) is 3.75. The molecule has 0 atom stereocenters. The topological polar surface area (TPSA) is 30.7 Å². The van der Waals surface area contributed by atoms with Gasteiger partial charge in [-0.15, -0.1) is 0 Å². The molecule has 84 valence electrons. The minimum absolute atomic E-state index is 0.944. The van der Waals surface area contributed by atoms with Crippen molar-refractivity contribution in [2.75, 3.05) is 0 Å². The number of pyridine rings is 1. The van der Waals surface area contributed by atoms with Crippen molar-refractivity contribution in [3.63, 3.8) is 0 Å². The van der Waals surface area contributed by atoms with E-state index in [2.05, 4.69) is 43.0 Å². The largest absolute Gasteiger partial charge is 0.237 e. The lowest BCUT2D eigenvalue weighted by Crippen LogP contribution is -2.05. The molecule has 0 radical (unpaired) electrons. The van der Waals surface area contributed by atoms with Crippen LogP contribution in [-0.4, -0.2) is 14.8 Å². The minimum atomic E-state index is 0.944. The quantitative estimate of drug-likeness (QED) is 0.788. The lowest BCUT2D eigenvalue weighted by Gasteiger charge is -2.07. The molecule has 0 aliphatic rings. The summed E-state index contributed by atoms with van der Waals surface area (Å²) in [5.74, 6) is 0.944. The predicted molar refractivity (Wildman–Crippen MR) is 64.9 cm³/mol. The highest BCUT2D eigenvalue weighted by Crippen LogP contribution is 2.14. The van der Waals surface area contributed by atoms with Crippen molar-refractivity contribution in [1.82, 2.24) is 14.8 Å². The smallest absolute Gasteiger partial charge is 0.156 e. The molecule has 0 saturated carbocycles. The van der Waals surface area contributed by atoms with E-state index >= 15 is 0 Å². The van der Waals surface area contributed by atoms with E-state index in [1.165, 1.54) is 5.69 Å². The number of hydrogen-bond donors (Lipinski definition) is 0. The van der Waals surface area contributed by atoms with Crippen LogP contribution in [0, 0.1) is 6.92 Å². The molecule has 0 aliphatic heterocycles. The molecule has 0 N–H and O–H groups in total. The van der Waals surface area contributed by atoms with E-state index in [1.54, 1.807) is 0 Å². The highest BCUT2D eigenvalue weighted by Gasteiger charge is 2.09. The highest BCUT2D eigenvalue weighted by atomic mass is 15.3. The van der Waals surface area contributed by atoms with Crippen LogP contribution in [0.5, 0.6) is 0 Å². The van der Waals surface area contributed by atoms with Crippen molar-refractivity contribution >= 4 is 0 Å². The van der Waals surface area contributed by atoms with E-state index in [0.29, 0.717) is 0 Å². The molecule has 16 heavy (non-hydrogen) atoms. The second-order valence-corrected chi connectivity index (χ2v) is 3.89. The van der Waals surface area contributed by atoms with Gasteiger partial charge in [0.2, 0.25) is 0 Å². The first-order valence-corrected chi connectivity index (χ1v) is 5.76. The van der Waals surface area contributed by atoms with E-state index in [1.807, 2.05) is 16.9 Å². The van der Waals surface area contributed by atoms with Gasteiger partial charge in [-0.3, -0.25) is 0 Å². The first kappa shape index (κ1) is 10.9. The summed E-state index contributed by atoms with van der Waals surface area (Å²) < 4.78 is 1.97. The van der Waals surface area contributed by atoms with Gasteiger partial charge in [0.05, 0.1) is 5.69 Å². The monoisotopic (exact) mass is 215 g/mol. The van der Waals surface area contributed by atoms with Crippen LogP contribution in [0.2, 0.25) is 0 Å². The van der Waals surface area contributed by atoms with Crippen LogP contribution in [0.25, 0.3) is 5.82 Å². The molecule has 2 aromatic heterocycles. The van der Waals surface area contributed by atoms with Crippen LogP contribution in [0.3, 0.4) is 0 Å². The van der Waals surface area contributed by atoms with Crippen LogP contribution in [0.1, 0.15) is 30.8 Å². The van der Waals surface area contributed by atoms with E-state index < -0.39 is 0 Å². The number of aryl methyl sites for hydroxylation is 3. The van der Waals surface area contributed by atoms with Crippen LogP contribution in [-0.2, 0) is 12.8 Å². The Kier molecular flexibility index (Phi) is 3.04. The fourth-order valence-corrected chi connectivity index (χ4v) is 1.78. The molecular formula is C13H17N3. The zero-order valence-electron chi connectivity index (χ0n) is 10.1. The van der Waals surface area contributed by atoms with Crippen molar-refractivity contribution in [2.24, 2.45) is 0 Å². The molecule has 0 spiro atoms. The molecule has 0 unspecified atom stereocenters. The van der Waals surface area contributed by atoms with Crippen LogP contribution < -0.4 is 0 Å². The Morgan fingerprint density at radius 1 is 1.25 bits per heavy atom. The van der Waals surface area contributed by atoms with E-state index in [0.717, 1.165) is 29.9 Å². The third-order valence-corrected chi connectivity index (χ3v) is 2.74. The standard InChI is InChI=1S/C13H17N3/c1-4-11-9-12(5-2)16(15-11)13-10(3)7-6-8-14-13/h6-9H,4-5H2,1-3H3. The third-order valence-electron chi connectivity index (χ3n) is 2.74. The van der Waals surface area contributed by atoms with Gasteiger partial charge >= 0.3 is 0 Å². The molecule has 0 aromatic carbocycles. The maximum absolute atomic E-state index is 4.58. The fraction of sp³-hybridized carbons (Fsp3) is 0.385. The van der Waals surface area contributed by atoms with Crippen LogP contribution in [0.15, 0.2) is 24.4 Å². The van der Waals surface area contributed by atoms with Gasteiger partial charge in [0.25, 0.3) is 0 Å². The normalized spacial score (nSPS) is 10.7. The summed E-state index contributed by atoms with van der Waals surface area (Å²) in [5, 5.41) is 4.58. The SMILES string of the molecule is CCc1cc(CC)n(-c2ncccc2C)n1. The molecule has 2 heterocycles. The number of nitrogens with zero attached hydrogens (tertiary/aromatic N) is 3. The molecule has 2 aromatic rings. The summed E-state index contributed by atoms with van der Waals surface area (Å²) in [4.78, 5) is 4.41. The van der Waals surface area contributed by atoms with Gasteiger partial charge in [0.1, 0.15) is 0 Å². The van der Waals surface area contributed by atoms with Crippen molar-refractivity contribution < 1.29 is 0 Å². The molecular weight excluding hydrogens is 198 g/mol. The minimum Gasteiger partial charge on any atom is -0.237 e. The van der Waals surface area contributed by atoms with Gasteiger partial charge in [-0.25, -0.2) is 9.67 Å². The van der Waals surface area contributed by atoms with E-state index in [-0.39, 0.29) is 0 Å². The van der Waals surface area contributed by atoms with Gasteiger partial charge < -0.3 is 0 Å². The number of aromatic nitrogens is 3. The number of rotatable bonds is 3. The Labute approximate surface area is 96.1 Å². The van der Waals surface area contributed by atoms with Gasteiger partial charge in [0.15, 0.2) is 5.82 Å². The summed E-state index contributed by atoms with van der Waals surface area (Å²) in [6, 6.07) is 6.18. The Morgan fingerprint density at radius 2 is 2.06 bits per heavy atom. The molecule has 0 bridgehead atoms. The molecule has 3 nitrogen and oxygen atoms in total. The van der Waals surface area contributed by atoms with Crippen molar-refractivity contribution in [3.05, 3.63) is 41.3 Å². The van der Waals surface area contributed by atoms with E-state index in [4.69, 9.17) is 0 Å². The maximum atomic E-state index is 4.58. The first-order valence-electron chi connectivity index (χ1n) is 5.76. The van der Waals surface area contributed by atoms with Crippen molar-refractivity contribution in [3.8, 4) is 5.82 Å². The van der Waals surface area contributed by atoms with E-state index in [9.17, 15) is 0 Å². The molecule has 0 fully saturated rings. The Balaban J connectivity index is 2.54. The fourth-order valence-electron chi connectivity index (χ4n) is 1.78. The van der Waals surface area contributed by atoms with Crippen molar-refractivity contribution in [2.45, 2.75) is 33.6 Å². The second-order valence-electron chi connectivity index (χ2n) is 3.89. The third kappa shape index (κ3) is 1.85. The second kappa shape index (κ2) is 4.47. The zero-order chi connectivity index (χ0) is 11.5. The Morgan fingerprint density at radius 3 is 2.69 bits per heavy atom. The average Bonchev–Trinajstić information content (AvgIpc) is 2.72. The van der Waals surface area contributed by atoms with Crippen molar-refractivity contribution in [1.29, 1.82) is 0 Å². The zero-order valence-corrected chi connectivity index (χ0v) is 10.1. The number of hydrogen-bond acceptors (Lipinski definition) is 2. The van der Waals surface area contributed by atoms with Gasteiger partial charge in [-0.05, 0) is 37.5 Å². The first-order chi connectivity index (χ1) is 7.76. The highest BCUT2D eigenvalue weighted by molar-refractivity contribution is 5.34. The molecule has 3 heteroatoms. The lowest BCUT2D eigenvalue weighted by molar-refractivity contribution is 0.767. The molecule has 0 amide bonds. The van der Waals surface area contributed by atoms with Gasteiger partial charge in [-0.2, -0.15) is 5.10 Å². The van der Waals surface area contributed by atoms with Crippen LogP contribution >= 0.6 is 0 Å². The molecule has 0 saturated heterocycles. The Bertz CT molecular complexity index is 486. The Hall–Kier alpha value is -1.64. The molecule has 0 aliphatic carbocycles. The van der Waals surface area contributed by atoms with Crippen LogP contribution in [0.4, 0.5) is 0 Å². The summed E-state index contributed by atoms with van der Waals surface area (Å²) in [6.45, 7) is 6.33. The van der Waals surface area contributed by atoms with Gasteiger partial charge in [0, 0.05) is 11.9 Å². The summed E-state index contributed by atoms with van der Waals surface area (Å²) >= 11 is 0. The average molecular weight is 215 g/mol. The summed E-state index contributed by atoms with van der Waals surface area (Å²) in [5.41, 5.74) is 3.50. The maximum Gasteiger partial charge on any atom is 0.156 e. The molecule has 2 rings (SSSR count). The lowest BCUT2D eigenvalue weighted by atomic mass is 10.2. The van der Waals surface area contributed by atoms with Gasteiger partial charge in [-0.1, -0.05) is 19.9 Å².